The van der Waals surface area contributed by atoms with Crippen LogP contribution in [0.4, 0.5) is 0 Å². The molecule has 82 valence electrons. The number of nitrogens with zero attached hydrogens (tertiary/aromatic N) is 1. The molecular weight excluding hydrogens is 188 g/mol. The molecule has 1 atom stereocenters. The van der Waals surface area contributed by atoms with Gasteiger partial charge in [0, 0.05) is 30.1 Å². The Morgan fingerprint density at radius 2 is 2.07 bits per heavy atom. The number of nitrogens with one attached hydrogen (secondary N) is 1. The highest BCUT2D eigenvalue weighted by molar-refractivity contribution is 5.26. The van der Waals surface area contributed by atoms with Gasteiger partial charge < -0.3 is 10.1 Å². The van der Waals surface area contributed by atoms with Crippen molar-refractivity contribution in [1.29, 1.82) is 0 Å². The number of rotatable bonds is 2. The third-order valence-electron chi connectivity index (χ3n) is 2.61. The van der Waals surface area contributed by atoms with Crippen LogP contribution in [-0.4, -0.2) is 24.2 Å². The summed E-state index contributed by atoms with van der Waals surface area (Å²) in [5, 5.41) is 3.34. The Morgan fingerprint density at radius 1 is 1.33 bits per heavy atom. The lowest BCUT2D eigenvalue weighted by atomic mass is 10.1. The number of ether oxygens (including phenoxy) is 1. The number of hydrogen-bond donors (Lipinski definition) is 1. The molecule has 0 radical (unpaired) electrons. The first kappa shape index (κ1) is 10.4. The zero-order chi connectivity index (χ0) is 10.7. The van der Waals surface area contributed by atoms with Gasteiger partial charge in [-0.3, -0.25) is 4.98 Å². The second-order valence-electron chi connectivity index (χ2n) is 4.17. The van der Waals surface area contributed by atoms with Crippen LogP contribution >= 0.6 is 0 Å². The Hall–Kier alpha value is -1.09. The fraction of sp³-hybridized carbons (Fsp3) is 0.583. The Bertz CT molecular complexity index is 312. The minimum Gasteiger partial charge on any atom is -0.489 e. The number of pyridine rings is 1. The third-order valence-corrected chi connectivity index (χ3v) is 2.61. The molecule has 3 nitrogen and oxygen atoms in total. The van der Waals surface area contributed by atoms with Gasteiger partial charge in [0.25, 0.3) is 0 Å². The van der Waals surface area contributed by atoms with Gasteiger partial charge in [-0.05, 0) is 33.2 Å². The molecule has 1 N–H and O–H groups in total. The molecule has 3 heteroatoms. The van der Waals surface area contributed by atoms with Gasteiger partial charge in [0.05, 0.1) is 0 Å². The average Bonchev–Trinajstić information content (AvgIpc) is 2.17. The SMILES string of the molecule is Cc1cc(O[C@H]2CCCNC2)cc(C)n1. The van der Waals surface area contributed by atoms with Crippen LogP contribution < -0.4 is 10.1 Å². The highest BCUT2D eigenvalue weighted by atomic mass is 16.5. The summed E-state index contributed by atoms with van der Waals surface area (Å²) in [6, 6.07) is 4.00. The molecule has 1 aliphatic rings. The number of aromatic nitrogens is 1. The van der Waals surface area contributed by atoms with Gasteiger partial charge in [-0.25, -0.2) is 0 Å². The minimum atomic E-state index is 0.319. The lowest BCUT2D eigenvalue weighted by Gasteiger charge is -2.24. The summed E-state index contributed by atoms with van der Waals surface area (Å²) >= 11 is 0. The molecule has 0 unspecified atom stereocenters. The van der Waals surface area contributed by atoms with Gasteiger partial charge in [0.2, 0.25) is 0 Å². The predicted octanol–water partition coefficient (Wildman–Crippen LogP) is 1.83. The second-order valence-corrected chi connectivity index (χ2v) is 4.17. The highest BCUT2D eigenvalue weighted by Gasteiger charge is 2.14. The fourth-order valence-electron chi connectivity index (χ4n) is 1.98. The standard InChI is InChI=1S/C12H18N2O/c1-9-6-12(7-10(2)14-9)15-11-4-3-5-13-8-11/h6-7,11,13H,3-5,8H2,1-2H3/t11-/m0/s1. The van der Waals surface area contributed by atoms with Crippen LogP contribution in [0.15, 0.2) is 12.1 Å². The van der Waals surface area contributed by atoms with E-state index < -0.39 is 0 Å². The van der Waals surface area contributed by atoms with Gasteiger partial charge in [-0.1, -0.05) is 0 Å². The Balaban J connectivity index is 2.02. The van der Waals surface area contributed by atoms with Crippen LogP contribution in [0.5, 0.6) is 5.75 Å². The minimum absolute atomic E-state index is 0.319. The van der Waals surface area contributed by atoms with Crippen LogP contribution in [0, 0.1) is 13.8 Å². The van der Waals surface area contributed by atoms with E-state index in [0.29, 0.717) is 6.10 Å². The lowest BCUT2D eigenvalue weighted by Crippen LogP contribution is -2.37. The normalized spacial score (nSPS) is 21.3. The Morgan fingerprint density at radius 3 is 2.67 bits per heavy atom. The van der Waals surface area contributed by atoms with E-state index in [-0.39, 0.29) is 0 Å². The quantitative estimate of drug-likeness (QED) is 0.801. The summed E-state index contributed by atoms with van der Waals surface area (Å²) in [7, 11) is 0. The monoisotopic (exact) mass is 206 g/mol. The summed E-state index contributed by atoms with van der Waals surface area (Å²) in [5.41, 5.74) is 2.04. The van der Waals surface area contributed by atoms with Gasteiger partial charge in [-0.15, -0.1) is 0 Å². The van der Waals surface area contributed by atoms with Crippen molar-refractivity contribution < 1.29 is 4.74 Å². The van der Waals surface area contributed by atoms with Crippen LogP contribution in [-0.2, 0) is 0 Å². The van der Waals surface area contributed by atoms with Crippen molar-refractivity contribution in [2.24, 2.45) is 0 Å². The first-order chi connectivity index (χ1) is 7.24. The maximum absolute atomic E-state index is 5.91. The van der Waals surface area contributed by atoms with Crippen LogP contribution in [0.1, 0.15) is 24.2 Å². The molecule has 0 bridgehead atoms. The van der Waals surface area contributed by atoms with Gasteiger partial charge >= 0.3 is 0 Å². The number of aryl methyl sites for hydroxylation is 2. The molecule has 0 amide bonds. The summed E-state index contributed by atoms with van der Waals surface area (Å²) < 4.78 is 5.91. The number of hydrogen-bond acceptors (Lipinski definition) is 3. The molecule has 15 heavy (non-hydrogen) atoms. The molecule has 0 aromatic carbocycles. The van der Waals surface area contributed by atoms with E-state index in [2.05, 4.69) is 10.3 Å². The third kappa shape index (κ3) is 2.93. The van der Waals surface area contributed by atoms with E-state index in [1.807, 2.05) is 26.0 Å². The molecule has 1 aromatic rings. The van der Waals surface area contributed by atoms with Gasteiger partial charge in [0.1, 0.15) is 11.9 Å². The maximum atomic E-state index is 5.91. The first-order valence-electron chi connectivity index (χ1n) is 5.57. The highest BCUT2D eigenvalue weighted by Crippen LogP contribution is 2.17. The van der Waals surface area contributed by atoms with Crippen LogP contribution in [0.25, 0.3) is 0 Å². The summed E-state index contributed by atoms with van der Waals surface area (Å²) in [6.07, 6.45) is 2.67. The smallest absolute Gasteiger partial charge is 0.123 e. The van der Waals surface area contributed by atoms with Crippen molar-refractivity contribution in [2.75, 3.05) is 13.1 Å². The lowest BCUT2D eigenvalue weighted by molar-refractivity contribution is 0.167. The number of piperidine rings is 1. The molecule has 0 aliphatic carbocycles. The van der Waals surface area contributed by atoms with Crippen molar-refractivity contribution in [2.45, 2.75) is 32.8 Å². The summed E-state index contributed by atoms with van der Waals surface area (Å²) in [4.78, 5) is 4.33. The molecular formula is C12H18N2O. The molecule has 2 heterocycles. The largest absolute Gasteiger partial charge is 0.489 e. The van der Waals surface area contributed by atoms with Gasteiger partial charge in [0.15, 0.2) is 0 Å². The molecule has 1 aromatic heterocycles. The second kappa shape index (κ2) is 4.62. The molecule has 0 saturated carbocycles. The molecule has 1 saturated heterocycles. The topological polar surface area (TPSA) is 34.1 Å². The van der Waals surface area contributed by atoms with Crippen molar-refractivity contribution in [3.05, 3.63) is 23.5 Å². The van der Waals surface area contributed by atoms with Gasteiger partial charge in [-0.2, -0.15) is 0 Å². The van der Waals surface area contributed by atoms with E-state index in [1.165, 1.54) is 6.42 Å². The predicted molar refractivity (Wildman–Crippen MR) is 60.2 cm³/mol. The molecule has 1 fully saturated rings. The van der Waals surface area contributed by atoms with E-state index in [0.717, 1.165) is 36.6 Å². The van der Waals surface area contributed by atoms with E-state index in [4.69, 9.17) is 4.74 Å². The zero-order valence-electron chi connectivity index (χ0n) is 9.42. The zero-order valence-corrected chi connectivity index (χ0v) is 9.42. The van der Waals surface area contributed by atoms with Crippen molar-refractivity contribution in [3.8, 4) is 5.75 Å². The van der Waals surface area contributed by atoms with E-state index in [9.17, 15) is 0 Å². The fourth-order valence-corrected chi connectivity index (χ4v) is 1.98. The van der Waals surface area contributed by atoms with Crippen molar-refractivity contribution in [3.63, 3.8) is 0 Å². The summed E-state index contributed by atoms with van der Waals surface area (Å²) in [6.45, 7) is 6.08. The first-order valence-corrected chi connectivity index (χ1v) is 5.57. The van der Waals surface area contributed by atoms with Crippen molar-refractivity contribution in [1.82, 2.24) is 10.3 Å². The van der Waals surface area contributed by atoms with Crippen molar-refractivity contribution >= 4 is 0 Å². The molecule has 2 rings (SSSR count). The maximum Gasteiger partial charge on any atom is 0.123 e. The molecule has 1 aliphatic heterocycles. The Kier molecular flexibility index (Phi) is 3.21. The average molecular weight is 206 g/mol. The Labute approximate surface area is 90.9 Å². The van der Waals surface area contributed by atoms with E-state index in [1.54, 1.807) is 0 Å². The van der Waals surface area contributed by atoms with Crippen LogP contribution in [0.3, 0.4) is 0 Å². The van der Waals surface area contributed by atoms with Crippen LogP contribution in [0.2, 0.25) is 0 Å². The summed E-state index contributed by atoms with van der Waals surface area (Å²) in [5.74, 6) is 0.953. The molecule has 0 spiro atoms. The van der Waals surface area contributed by atoms with E-state index >= 15 is 0 Å².